The molecule has 1 unspecified atom stereocenters. The van der Waals surface area contributed by atoms with E-state index in [2.05, 4.69) is 20.9 Å². The summed E-state index contributed by atoms with van der Waals surface area (Å²) in [5, 5.41) is 20.2. The molecule has 3 aliphatic rings. The minimum atomic E-state index is -4.89. The number of aromatic hydroxyl groups is 1. The van der Waals surface area contributed by atoms with E-state index in [1.54, 1.807) is 0 Å². The van der Waals surface area contributed by atoms with E-state index in [9.17, 15) is 32.2 Å². The van der Waals surface area contributed by atoms with Crippen LogP contribution in [-0.2, 0) is 0 Å². The van der Waals surface area contributed by atoms with E-state index in [4.69, 9.17) is 15.9 Å². The van der Waals surface area contributed by atoms with E-state index in [0.717, 1.165) is 23.5 Å². The van der Waals surface area contributed by atoms with Crippen molar-refractivity contribution in [3.8, 4) is 41.2 Å². The maximum atomic E-state index is 16.8. The Morgan fingerprint density at radius 3 is 2.70 bits per heavy atom. The number of halogens is 6. The van der Waals surface area contributed by atoms with Crippen molar-refractivity contribution in [2.24, 2.45) is 0 Å². The van der Waals surface area contributed by atoms with Crippen molar-refractivity contribution in [2.45, 2.75) is 43.2 Å². The summed E-state index contributed by atoms with van der Waals surface area (Å²) in [6, 6.07) is 1.96. The van der Waals surface area contributed by atoms with Gasteiger partial charge in [-0.2, -0.15) is 23.1 Å². The van der Waals surface area contributed by atoms with Gasteiger partial charge in [0.1, 0.15) is 53.4 Å². The second-order valence-corrected chi connectivity index (χ2v) is 11.9. The van der Waals surface area contributed by atoms with Crippen LogP contribution in [0.3, 0.4) is 0 Å². The fourth-order valence-corrected chi connectivity index (χ4v) is 7.10. The number of aliphatic hydroxyl groups excluding tert-OH is 1. The molecule has 0 radical (unpaired) electrons. The van der Waals surface area contributed by atoms with Gasteiger partial charge in [0.05, 0.1) is 17.7 Å². The van der Waals surface area contributed by atoms with Crippen molar-refractivity contribution in [1.82, 2.24) is 19.9 Å². The Labute approximate surface area is 263 Å². The Morgan fingerprint density at radius 1 is 1.15 bits per heavy atom. The molecular formula is C32H27F6N5O4. The fraction of sp³-hybridized carbons (Fsp3) is 0.406. The number of phenolic OH excluding ortho intramolecular Hbond substituents is 1. The first-order valence-corrected chi connectivity index (χ1v) is 14.9. The lowest BCUT2D eigenvalue weighted by atomic mass is 9.95. The van der Waals surface area contributed by atoms with Crippen molar-refractivity contribution in [1.29, 1.82) is 0 Å². The quantitative estimate of drug-likeness (QED) is 0.221. The monoisotopic (exact) mass is 659 g/mol. The summed E-state index contributed by atoms with van der Waals surface area (Å²) in [6.07, 6.45) is 1.20. The number of terminal acetylenes is 1. The van der Waals surface area contributed by atoms with Crippen molar-refractivity contribution >= 4 is 27.5 Å². The van der Waals surface area contributed by atoms with Gasteiger partial charge in [0.15, 0.2) is 11.9 Å². The summed E-state index contributed by atoms with van der Waals surface area (Å²) in [5.74, 6) is -1.01. The number of aliphatic hydroxyl groups is 1. The number of anilines is 1. The Kier molecular flexibility index (Phi) is 7.47. The summed E-state index contributed by atoms with van der Waals surface area (Å²) in [5.41, 5.74) is -2.19. The molecule has 47 heavy (non-hydrogen) atoms. The van der Waals surface area contributed by atoms with E-state index in [1.807, 2.05) is 4.90 Å². The van der Waals surface area contributed by atoms with Crippen molar-refractivity contribution < 1.29 is 46.0 Å². The van der Waals surface area contributed by atoms with Crippen LogP contribution in [-0.4, -0.2) is 93.4 Å². The molecule has 2 aromatic heterocycles. The topological polar surface area (TPSA) is 104 Å². The minimum absolute atomic E-state index is 0.0140. The summed E-state index contributed by atoms with van der Waals surface area (Å²) in [7, 11) is 0. The molecule has 4 aromatic rings. The largest absolute Gasteiger partial charge is 0.508 e. The number of ether oxygens (including phenoxy) is 2. The number of rotatable bonds is 6. The second kappa shape index (κ2) is 11.3. The van der Waals surface area contributed by atoms with Gasteiger partial charge in [-0.15, -0.1) is 6.42 Å². The molecule has 246 valence electrons. The fourth-order valence-electron chi connectivity index (χ4n) is 7.10. The molecule has 0 aliphatic carbocycles. The van der Waals surface area contributed by atoms with E-state index in [1.165, 1.54) is 12.1 Å². The number of alkyl halides is 4. The molecule has 0 amide bonds. The number of β-amino-alcohol motifs (C(OH)–C–C–N with tert-alkyl or cyclic N) is 1. The highest BCUT2D eigenvalue weighted by molar-refractivity contribution is 6.04. The number of hydrogen-bond donors (Lipinski definition) is 2. The van der Waals surface area contributed by atoms with Crippen LogP contribution in [0.4, 0.5) is 32.2 Å². The highest BCUT2D eigenvalue weighted by atomic mass is 19.4. The zero-order valence-electron chi connectivity index (χ0n) is 24.6. The second-order valence-electron chi connectivity index (χ2n) is 11.9. The molecule has 7 rings (SSSR count). The highest BCUT2D eigenvalue weighted by Gasteiger charge is 2.50. The van der Waals surface area contributed by atoms with E-state index in [0.29, 0.717) is 13.0 Å². The Hall–Kier alpha value is -4.55. The summed E-state index contributed by atoms with van der Waals surface area (Å²) in [4.78, 5) is 15.4. The molecule has 5 heterocycles. The lowest BCUT2D eigenvalue weighted by Crippen LogP contribution is -2.50. The van der Waals surface area contributed by atoms with Gasteiger partial charge in [0.2, 0.25) is 5.88 Å². The minimum Gasteiger partial charge on any atom is -0.508 e. The predicted octanol–water partition coefficient (Wildman–Crippen LogP) is 4.89. The molecule has 2 aromatic carbocycles. The summed E-state index contributed by atoms with van der Waals surface area (Å²) < 4.78 is 101. The number of aromatic nitrogens is 3. The van der Waals surface area contributed by atoms with E-state index >= 15 is 4.39 Å². The number of benzene rings is 2. The van der Waals surface area contributed by atoms with Crippen LogP contribution in [0.2, 0.25) is 0 Å². The van der Waals surface area contributed by atoms with Crippen molar-refractivity contribution in [3.05, 3.63) is 41.5 Å². The predicted molar refractivity (Wildman–Crippen MR) is 158 cm³/mol. The molecule has 0 saturated carbocycles. The van der Waals surface area contributed by atoms with Gasteiger partial charge in [0, 0.05) is 30.5 Å². The first-order valence-electron chi connectivity index (χ1n) is 14.9. The van der Waals surface area contributed by atoms with Gasteiger partial charge < -0.3 is 24.6 Å². The third-order valence-electron chi connectivity index (χ3n) is 9.14. The molecule has 2 saturated heterocycles. The number of fused-ring (bicyclic) bond motifs is 2. The van der Waals surface area contributed by atoms with Crippen molar-refractivity contribution in [3.63, 3.8) is 0 Å². The Morgan fingerprint density at radius 2 is 1.96 bits per heavy atom. The zero-order valence-corrected chi connectivity index (χ0v) is 24.6. The molecule has 2 fully saturated rings. The SMILES string of the molecule is C#Cc1c(F)ccc2cc(O)cc(-c3nc4c5c(nc(OC[C@@]67CCCN6C[C@H](F)C7)nc5c3F)N(CCO)C(C(F)(F)F)CO4)c12. The van der Waals surface area contributed by atoms with Gasteiger partial charge in [0.25, 0.3) is 0 Å². The lowest BCUT2D eigenvalue weighted by Gasteiger charge is -2.32. The van der Waals surface area contributed by atoms with Gasteiger partial charge in [-0.05, 0) is 43.0 Å². The molecule has 9 nitrogen and oxygen atoms in total. The molecule has 0 bridgehead atoms. The standard InChI is InChI=1S/C32H27F6N5O4/c1-2-19-21(34)5-4-16-10-18(45)11-20(23(16)19)26-25(35)27-24-28(43(8-9-44)22(32(36,37)38)14-46-29(24)39-26)41-30(40-27)47-15-31-6-3-7-42(31)13-17(33)12-31/h1,4-5,10-11,17,22,44-45H,3,6-9,12-15H2/t17-,22?,31+/m1/s1. The highest BCUT2D eigenvalue weighted by Crippen LogP contribution is 2.45. The van der Waals surface area contributed by atoms with Gasteiger partial charge >= 0.3 is 12.2 Å². The van der Waals surface area contributed by atoms with E-state index in [-0.39, 0.29) is 52.6 Å². The molecule has 3 aliphatic heterocycles. The maximum Gasteiger partial charge on any atom is 0.412 e. The van der Waals surface area contributed by atoms with Crippen LogP contribution in [0, 0.1) is 24.0 Å². The van der Waals surface area contributed by atoms with Crippen LogP contribution < -0.4 is 14.4 Å². The third kappa shape index (κ3) is 5.10. The maximum absolute atomic E-state index is 16.8. The molecule has 15 heteroatoms. The van der Waals surface area contributed by atoms with Crippen LogP contribution >= 0.6 is 0 Å². The number of pyridine rings is 1. The van der Waals surface area contributed by atoms with Crippen molar-refractivity contribution in [2.75, 3.05) is 44.4 Å². The average molecular weight is 660 g/mol. The molecule has 2 N–H and O–H groups in total. The smallest absolute Gasteiger partial charge is 0.412 e. The normalized spacial score (nSPS) is 22.7. The van der Waals surface area contributed by atoms with Crippen LogP contribution in [0.1, 0.15) is 24.8 Å². The number of hydrogen-bond acceptors (Lipinski definition) is 9. The van der Waals surface area contributed by atoms with Crippen LogP contribution in [0.25, 0.3) is 32.9 Å². The zero-order chi connectivity index (χ0) is 33.2. The number of nitrogens with zero attached hydrogens (tertiary/aromatic N) is 5. The third-order valence-corrected chi connectivity index (χ3v) is 9.14. The van der Waals surface area contributed by atoms with Crippen LogP contribution in [0.5, 0.6) is 17.6 Å². The first kappa shape index (κ1) is 31.1. The Bertz CT molecular complexity index is 1950. The molecule has 0 spiro atoms. The van der Waals surface area contributed by atoms with Gasteiger partial charge in [-0.3, -0.25) is 4.90 Å². The van der Waals surface area contributed by atoms with Crippen LogP contribution in [0.15, 0.2) is 24.3 Å². The van der Waals surface area contributed by atoms with Gasteiger partial charge in [-0.25, -0.2) is 18.2 Å². The summed E-state index contributed by atoms with van der Waals surface area (Å²) >= 11 is 0. The first-order chi connectivity index (χ1) is 22.4. The average Bonchev–Trinajstić information content (AvgIpc) is 3.49. The lowest BCUT2D eigenvalue weighted by molar-refractivity contribution is -0.154. The molecular weight excluding hydrogens is 632 g/mol. The Balaban J connectivity index is 1.47. The van der Waals surface area contributed by atoms with E-state index < -0.39 is 84.2 Å². The molecule has 3 atom stereocenters. The number of phenols is 1. The summed E-state index contributed by atoms with van der Waals surface area (Å²) in [6.45, 7) is -1.54. The van der Waals surface area contributed by atoms with Gasteiger partial charge in [-0.1, -0.05) is 12.0 Å².